The molecular weight excluding hydrogens is 380 g/mol. The molecule has 0 radical (unpaired) electrons. The molecule has 2 aromatic rings. The van der Waals surface area contributed by atoms with Gasteiger partial charge >= 0.3 is 0 Å². The van der Waals surface area contributed by atoms with Crippen molar-refractivity contribution in [3.63, 3.8) is 0 Å². The third-order valence-corrected chi connectivity index (χ3v) is 5.49. The maximum atomic E-state index is 13.0. The molecule has 0 aromatic heterocycles. The molecule has 2 heterocycles. The van der Waals surface area contributed by atoms with Gasteiger partial charge in [0.2, 0.25) is 0 Å². The Morgan fingerprint density at radius 3 is 2.73 bits per heavy atom. The van der Waals surface area contributed by atoms with E-state index in [1.165, 1.54) is 0 Å². The number of rotatable bonds is 7. The third-order valence-electron chi connectivity index (χ3n) is 5.49. The van der Waals surface area contributed by atoms with Crippen molar-refractivity contribution in [2.45, 2.75) is 25.6 Å². The Morgan fingerprint density at radius 2 is 2.00 bits per heavy atom. The van der Waals surface area contributed by atoms with Crippen molar-refractivity contribution >= 4 is 23.2 Å². The van der Waals surface area contributed by atoms with Crippen LogP contribution in [0.25, 0.3) is 11.6 Å². The number of carbonyl (C=O) groups excluding carboxylic acids is 1. The lowest BCUT2D eigenvalue weighted by Crippen LogP contribution is -2.30. The molecule has 2 aliphatic heterocycles. The van der Waals surface area contributed by atoms with Crippen LogP contribution >= 0.6 is 0 Å². The minimum atomic E-state index is -0.840. The van der Waals surface area contributed by atoms with E-state index in [0.717, 1.165) is 34.5 Å². The molecule has 1 fully saturated rings. The SMILES string of the molecule is CCCOc1cccc(/C=C2\C(=O)N(C)c3ccc(C4(CCN)OCCO4)cc32)c1. The molecular formula is C24H28N2O4. The molecule has 30 heavy (non-hydrogen) atoms. The fourth-order valence-corrected chi connectivity index (χ4v) is 4.01. The van der Waals surface area contributed by atoms with Crippen LogP contribution in [0.5, 0.6) is 5.75 Å². The molecule has 6 heteroatoms. The van der Waals surface area contributed by atoms with Gasteiger partial charge in [-0.25, -0.2) is 0 Å². The van der Waals surface area contributed by atoms with Crippen molar-refractivity contribution in [3.05, 3.63) is 59.2 Å². The predicted molar refractivity (Wildman–Crippen MR) is 117 cm³/mol. The van der Waals surface area contributed by atoms with E-state index in [1.807, 2.05) is 48.5 Å². The summed E-state index contributed by atoms with van der Waals surface area (Å²) < 4.78 is 17.6. The molecule has 158 valence electrons. The maximum absolute atomic E-state index is 13.0. The van der Waals surface area contributed by atoms with E-state index in [2.05, 4.69) is 6.92 Å². The first kappa shape index (κ1) is 20.6. The number of carbonyl (C=O) groups is 1. The van der Waals surface area contributed by atoms with Gasteiger partial charge in [0.25, 0.3) is 5.91 Å². The number of amides is 1. The Morgan fingerprint density at radius 1 is 1.20 bits per heavy atom. The minimum Gasteiger partial charge on any atom is -0.494 e. The van der Waals surface area contributed by atoms with E-state index in [4.69, 9.17) is 19.9 Å². The number of hydrogen-bond acceptors (Lipinski definition) is 5. The lowest BCUT2D eigenvalue weighted by molar-refractivity contribution is -0.168. The van der Waals surface area contributed by atoms with Gasteiger partial charge in [-0.2, -0.15) is 0 Å². The standard InChI is InChI=1S/C24H28N2O4/c1-3-11-28-19-6-4-5-17(14-19)15-21-20-16-18(7-8-22(20)26(2)23(21)27)24(9-10-25)29-12-13-30-24/h4-8,14-16H,3,9-13,25H2,1-2H3/b21-15-. The first-order chi connectivity index (χ1) is 14.6. The second kappa shape index (κ2) is 8.60. The molecule has 0 spiro atoms. The van der Waals surface area contributed by atoms with Gasteiger partial charge in [-0.05, 0) is 48.9 Å². The molecule has 2 aliphatic rings. The predicted octanol–water partition coefficient (Wildman–Crippen LogP) is 3.54. The van der Waals surface area contributed by atoms with E-state index >= 15 is 0 Å². The van der Waals surface area contributed by atoms with Gasteiger partial charge in [-0.3, -0.25) is 4.79 Å². The fourth-order valence-electron chi connectivity index (χ4n) is 4.01. The van der Waals surface area contributed by atoms with Crippen molar-refractivity contribution in [2.75, 3.05) is 38.3 Å². The van der Waals surface area contributed by atoms with Crippen LogP contribution in [-0.4, -0.2) is 39.3 Å². The first-order valence-electron chi connectivity index (χ1n) is 10.4. The van der Waals surface area contributed by atoms with Crippen LogP contribution in [0.3, 0.4) is 0 Å². The second-order valence-electron chi connectivity index (χ2n) is 7.56. The summed E-state index contributed by atoms with van der Waals surface area (Å²) in [5, 5.41) is 0. The summed E-state index contributed by atoms with van der Waals surface area (Å²) in [6.07, 6.45) is 3.42. The fraction of sp³-hybridized carbons (Fsp3) is 0.375. The first-order valence-corrected chi connectivity index (χ1v) is 10.4. The number of fused-ring (bicyclic) bond motifs is 1. The normalized spacial score (nSPS) is 18.8. The summed E-state index contributed by atoms with van der Waals surface area (Å²) in [6, 6.07) is 13.7. The monoisotopic (exact) mass is 408 g/mol. The van der Waals surface area contributed by atoms with Gasteiger partial charge in [0.15, 0.2) is 5.79 Å². The molecule has 1 amide bonds. The van der Waals surface area contributed by atoms with E-state index in [0.29, 0.717) is 38.4 Å². The third kappa shape index (κ3) is 3.74. The highest BCUT2D eigenvalue weighted by Gasteiger charge is 2.40. The van der Waals surface area contributed by atoms with Crippen LogP contribution in [0.1, 0.15) is 36.5 Å². The van der Waals surface area contributed by atoms with E-state index < -0.39 is 5.79 Å². The molecule has 4 rings (SSSR count). The Kier molecular flexibility index (Phi) is 5.90. The molecule has 2 N–H and O–H groups in total. The molecule has 0 atom stereocenters. The highest BCUT2D eigenvalue weighted by molar-refractivity contribution is 6.35. The van der Waals surface area contributed by atoms with E-state index in [-0.39, 0.29) is 5.91 Å². The second-order valence-corrected chi connectivity index (χ2v) is 7.56. The largest absolute Gasteiger partial charge is 0.494 e. The minimum absolute atomic E-state index is 0.0387. The highest BCUT2D eigenvalue weighted by Crippen LogP contribution is 2.42. The lowest BCUT2D eigenvalue weighted by atomic mass is 9.96. The number of benzene rings is 2. The topological polar surface area (TPSA) is 74.0 Å². The summed E-state index contributed by atoms with van der Waals surface area (Å²) >= 11 is 0. The zero-order chi connectivity index (χ0) is 21.1. The van der Waals surface area contributed by atoms with Crippen molar-refractivity contribution < 1.29 is 19.0 Å². The zero-order valence-corrected chi connectivity index (χ0v) is 17.5. The Balaban J connectivity index is 1.74. The molecule has 1 saturated heterocycles. The van der Waals surface area contributed by atoms with Gasteiger partial charge in [0.05, 0.1) is 25.5 Å². The molecule has 0 saturated carbocycles. The highest BCUT2D eigenvalue weighted by atomic mass is 16.7. The Bertz CT molecular complexity index is 963. The van der Waals surface area contributed by atoms with Crippen molar-refractivity contribution in [3.8, 4) is 5.75 Å². The number of hydrogen-bond donors (Lipinski definition) is 1. The van der Waals surface area contributed by atoms with Crippen molar-refractivity contribution in [1.82, 2.24) is 0 Å². The molecule has 2 aromatic carbocycles. The zero-order valence-electron chi connectivity index (χ0n) is 17.5. The smallest absolute Gasteiger partial charge is 0.258 e. The van der Waals surface area contributed by atoms with Crippen LogP contribution in [-0.2, 0) is 20.1 Å². The quantitative estimate of drug-likeness (QED) is 0.710. The number of nitrogens with zero attached hydrogens (tertiary/aromatic N) is 1. The summed E-state index contributed by atoms with van der Waals surface area (Å²) in [6.45, 7) is 4.25. The summed E-state index contributed by atoms with van der Waals surface area (Å²) in [4.78, 5) is 14.7. The molecule has 6 nitrogen and oxygen atoms in total. The van der Waals surface area contributed by atoms with Crippen LogP contribution in [0.15, 0.2) is 42.5 Å². The van der Waals surface area contributed by atoms with E-state index in [9.17, 15) is 4.79 Å². The Hall–Kier alpha value is -2.67. The van der Waals surface area contributed by atoms with Gasteiger partial charge in [-0.15, -0.1) is 0 Å². The molecule has 0 aliphatic carbocycles. The van der Waals surface area contributed by atoms with Gasteiger partial charge in [0, 0.05) is 30.2 Å². The van der Waals surface area contributed by atoms with Crippen LogP contribution in [0, 0.1) is 0 Å². The molecule has 0 bridgehead atoms. The molecule has 0 unspecified atom stereocenters. The van der Waals surface area contributed by atoms with Crippen LogP contribution < -0.4 is 15.4 Å². The Labute approximate surface area is 177 Å². The summed E-state index contributed by atoms with van der Waals surface area (Å²) in [5.74, 6) is -0.0794. The van der Waals surface area contributed by atoms with Crippen LogP contribution in [0.2, 0.25) is 0 Å². The van der Waals surface area contributed by atoms with Crippen molar-refractivity contribution in [2.24, 2.45) is 5.73 Å². The number of likely N-dealkylation sites (N-methyl/N-ethyl adjacent to an activating group) is 1. The number of ether oxygens (including phenoxy) is 3. The average molecular weight is 408 g/mol. The van der Waals surface area contributed by atoms with Crippen molar-refractivity contribution in [1.29, 1.82) is 0 Å². The van der Waals surface area contributed by atoms with Gasteiger partial charge in [0.1, 0.15) is 5.75 Å². The van der Waals surface area contributed by atoms with Crippen LogP contribution in [0.4, 0.5) is 5.69 Å². The maximum Gasteiger partial charge on any atom is 0.258 e. The average Bonchev–Trinajstić information content (AvgIpc) is 3.33. The summed E-state index contributed by atoms with van der Waals surface area (Å²) in [7, 11) is 1.79. The van der Waals surface area contributed by atoms with E-state index in [1.54, 1.807) is 11.9 Å². The number of anilines is 1. The summed E-state index contributed by atoms with van der Waals surface area (Å²) in [5.41, 5.74) is 10.0. The number of nitrogens with two attached hydrogens (primary N) is 1. The van der Waals surface area contributed by atoms with Gasteiger partial charge < -0.3 is 24.8 Å². The lowest BCUT2D eigenvalue weighted by Gasteiger charge is -2.28. The van der Waals surface area contributed by atoms with Gasteiger partial charge in [-0.1, -0.05) is 25.1 Å².